The molecule has 10 nitrogen and oxygen atoms in total. The minimum atomic E-state index is -0.549. The SMILES string of the molecule is Nc1ccccc1NC(=O)CCCCCC(=O)Nc1ccc([C@H]2O[C@@H](CN3CCOCC3)C[C@@H](c3ccc(CO)cc3)O2)cc1. The van der Waals surface area contributed by atoms with Gasteiger partial charge in [0.15, 0.2) is 6.29 Å². The molecule has 2 amide bonds. The third-order valence-electron chi connectivity index (χ3n) is 8.19. The van der Waals surface area contributed by atoms with Crippen LogP contribution in [0.4, 0.5) is 17.1 Å². The van der Waals surface area contributed by atoms with Crippen LogP contribution in [0.15, 0.2) is 72.8 Å². The number of benzene rings is 3. The summed E-state index contributed by atoms with van der Waals surface area (Å²) in [5.74, 6) is -0.145. The van der Waals surface area contributed by atoms with Gasteiger partial charge in [0, 0.05) is 50.1 Å². The monoisotopic (exact) mass is 616 g/mol. The molecule has 0 saturated carbocycles. The molecule has 5 rings (SSSR count). The van der Waals surface area contributed by atoms with E-state index in [2.05, 4.69) is 15.5 Å². The zero-order valence-electron chi connectivity index (χ0n) is 25.7. The molecule has 10 heteroatoms. The lowest BCUT2D eigenvalue weighted by Crippen LogP contribution is -2.44. The van der Waals surface area contributed by atoms with Gasteiger partial charge in [-0.3, -0.25) is 14.5 Å². The highest BCUT2D eigenvalue weighted by molar-refractivity contribution is 5.93. The molecule has 3 atom stereocenters. The maximum atomic E-state index is 12.6. The number of morpholine rings is 1. The second kappa shape index (κ2) is 16.5. The van der Waals surface area contributed by atoms with E-state index in [4.69, 9.17) is 19.9 Å². The molecule has 0 spiro atoms. The lowest BCUT2D eigenvalue weighted by Gasteiger charge is -2.39. The average Bonchev–Trinajstić information content (AvgIpc) is 3.06. The molecule has 5 N–H and O–H groups in total. The largest absolute Gasteiger partial charge is 0.397 e. The van der Waals surface area contributed by atoms with Gasteiger partial charge in [-0.15, -0.1) is 0 Å². The van der Waals surface area contributed by atoms with Gasteiger partial charge in [0.25, 0.3) is 0 Å². The first-order valence-corrected chi connectivity index (χ1v) is 15.8. The van der Waals surface area contributed by atoms with Crippen LogP contribution in [0.2, 0.25) is 0 Å². The van der Waals surface area contributed by atoms with Gasteiger partial charge in [0.2, 0.25) is 11.8 Å². The van der Waals surface area contributed by atoms with Crippen LogP contribution in [0.5, 0.6) is 0 Å². The number of ether oxygens (including phenoxy) is 3. The van der Waals surface area contributed by atoms with E-state index in [1.807, 2.05) is 60.7 Å². The molecule has 2 aliphatic heterocycles. The molecule has 0 radical (unpaired) electrons. The van der Waals surface area contributed by atoms with E-state index in [0.29, 0.717) is 42.7 Å². The maximum absolute atomic E-state index is 12.6. The van der Waals surface area contributed by atoms with E-state index in [0.717, 1.165) is 62.4 Å². The zero-order valence-corrected chi connectivity index (χ0v) is 25.7. The summed E-state index contributed by atoms with van der Waals surface area (Å²) in [7, 11) is 0. The number of anilines is 3. The number of carbonyl (C=O) groups is 2. The molecule has 240 valence electrons. The molecule has 2 fully saturated rings. The third-order valence-corrected chi connectivity index (χ3v) is 8.19. The topological polar surface area (TPSA) is 135 Å². The molecule has 2 heterocycles. The number of unbranched alkanes of at least 4 members (excludes halogenated alkanes) is 2. The number of para-hydroxylation sites is 2. The summed E-state index contributed by atoms with van der Waals surface area (Å²) in [4.78, 5) is 27.1. The van der Waals surface area contributed by atoms with Crippen molar-refractivity contribution < 1.29 is 28.9 Å². The van der Waals surface area contributed by atoms with Crippen LogP contribution in [0.25, 0.3) is 0 Å². The summed E-state index contributed by atoms with van der Waals surface area (Å²) in [6.45, 7) is 4.03. The zero-order chi connectivity index (χ0) is 31.4. The lowest BCUT2D eigenvalue weighted by atomic mass is 9.99. The number of aliphatic hydroxyl groups is 1. The van der Waals surface area contributed by atoms with Crippen LogP contribution in [-0.2, 0) is 30.4 Å². The molecule has 0 aliphatic carbocycles. The summed E-state index contributed by atoms with van der Waals surface area (Å²) in [6.07, 6.45) is 2.93. The molecule has 0 bridgehead atoms. The Labute approximate surface area is 264 Å². The molecular formula is C35H44N4O6. The van der Waals surface area contributed by atoms with E-state index in [1.165, 1.54) is 0 Å². The number of nitrogens with two attached hydrogens (primary N) is 1. The van der Waals surface area contributed by atoms with Crippen molar-refractivity contribution in [3.8, 4) is 0 Å². The van der Waals surface area contributed by atoms with Crippen molar-refractivity contribution >= 4 is 28.9 Å². The van der Waals surface area contributed by atoms with Crippen LogP contribution in [0, 0.1) is 0 Å². The van der Waals surface area contributed by atoms with Crippen molar-refractivity contribution in [3.63, 3.8) is 0 Å². The quantitative estimate of drug-likeness (QED) is 0.153. The van der Waals surface area contributed by atoms with Crippen LogP contribution in [0.3, 0.4) is 0 Å². The normalized spacial score (nSPS) is 20.4. The second-order valence-corrected chi connectivity index (χ2v) is 11.6. The van der Waals surface area contributed by atoms with E-state index < -0.39 is 6.29 Å². The predicted molar refractivity (Wildman–Crippen MR) is 173 cm³/mol. The molecule has 45 heavy (non-hydrogen) atoms. The van der Waals surface area contributed by atoms with Crippen LogP contribution in [0.1, 0.15) is 67.6 Å². The Morgan fingerprint density at radius 1 is 0.822 bits per heavy atom. The highest BCUT2D eigenvalue weighted by Gasteiger charge is 2.33. The Bertz CT molecular complexity index is 1380. The van der Waals surface area contributed by atoms with Gasteiger partial charge in [-0.05, 0) is 48.2 Å². The molecule has 0 unspecified atom stereocenters. The van der Waals surface area contributed by atoms with Crippen LogP contribution in [-0.4, -0.2) is 60.8 Å². The van der Waals surface area contributed by atoms with Crippen molar-refractivity contribution in [3.05, 3.63) is 89.5 Å². The van der Waals surface area contributed by atoms with Crippen molar-refractivity contribution in [2.75, 3.05) is 49.2 Å². The summed E-state index contributed by atoms with van der Waals surface area (Å²) in [6, 6.07) is 22.7. The first kappa shape index (κ1) is 32.6. The van der Waals surface area contributed by atoms with Gasteiger partial charge in [0.1, 0.15) is 0 Å². The molecule has 2 saturated heterocycles. The van der Waals surface area contributed by atoms with E-state index in [-0.39, 0.29) is 30.6 Å². The minimum absolute atomic E-state index is 0.00422. The van der Waals surface area contributed by atoms with Crippen molar-refractivity contribution in [2.24, 2.45) is 0 Å². The van der Waals surface area contributed by atoms with E-state index in [1.54, 1.807) is 12.1 Å². The van der Waals surface area contributed by atoms with Crippen LogP contribution >= 0.6 is 0 Å². The molecular weight excluding hydrogens is 572 g/mol. The second-order valence-electron chi connectivity index (χ2n) is 11.6. The Morgan fingerprint density at radius 2 is 1.49 bits per heavy atom. The lowest BCUT2D eigenvalue weighted by molar-refractivity contribution is -0.253. The van der Waals surface area contributed by atoms with E-state index in [9.17, 15) is 14.7 Å². The highest BCUT2D eigenvalue weighted by Crippen LogP contribution is 2.38. The minimum Gasteiger partial charge on any atom is -0.397 e. The number of rotatable bonds is 13. The number of hydrogen-bond donors (Lipinski definition) is 4. The Hall–Kier alpha value is -3.80. The standard InChI is InChI=1S/C35H44N4O6/c36-30-6-4-5-7-31(30)38-34(42)9-3-1-2-8-33(41)37-28-16-14-27(15-17-28)35-44-29(23-39-18-20-43-21-19-39)22-32(45-35)26-12-10-25(24-40)11-13-26/h4-7,10-17,29,32,35,40H,1-3,8-9,18-24,36H2,(H,37,41)(H,38,42)/t29-,32+,35+/m1/s1. The van der Waals surface area contributed by atoms with Gasteiger partial charge in [0.05, 0.1) is 43.4 Å². The first-order chi connectivity index (χ1) is 22.0. The number of carbonyl (C=O) groups excluding carboxylic acids is 2. The third kappa shape index (κ3) is 9.84. The molecule has 2 aliphatic rings. The first-order valence-electron chi connectivity index (χ1n) is 15.8. The number of amides is 2. The van der Waals surface area contributed by atoms with Gasteiger partial charge in [-0.2, -0.15) is 0 Å². The summed E-state index contributed by atoms with van der Waals surface area (Å²) < 4.78 is 18.4. The van der Waals surface area contributed by atoms with Crippen molar-refractivity contribution in [2.45, 2.75) is 63.6 Å². The van der Waals surface area contributed by atoms with Gasteiger partial charge in [-0.25, -0.2) is 0 Å². The number of aliphatic hydroxyl groups excluding tert-OH is 1. The predicted octanol–water partition coefficient (Wildman–Crippen LogP) is 5.17. The molecule has 3 aromatic carbocycles. The fraction of sp³-hybridized carbons (Fsp3) is 0.429. The van der Waals surface area contributed by atoms with Crippen molar-refractivity contribution in [1.29, 1.82) is 0 Å². The molecule has 0 aromatic heterocycles. The smallest absolute Gasteiger partial charge is 0.224 e. The molecule has 3 aromatic rings. The summed E-state index contributed by atoms with van der Waals surface area (Å²) in [5.41, 5.74) is 10.5. The maximum Gasteiger partial charge on any atom is 0.224 e. The van der Waals surface area contributed by atoms with Gasteiger partial charge < -0.3 is 35.7 Å². The Morgan fingerprint density at radius 3 is 2.18 bits per heavy atom. The fourth-order valence-corrected chi connectivity index (χ4v) is 5.62. The fourth-order valence-electron chi connectivity index (χ4n) is 5.62. The Kier molecular flexibility index (Phi) is 11.9. The van der Waals surface area contributed by atoms with Crippen molar-refractivity contribution in [1.82, 2.24) is 4.90 Å². The number of hydrogen-bond acceptors (Lipinski definition) is 8. The highest BCUT2D eigenvalue weighted by atomic mass is 16.7. The average molecular weight is 617 g/mol. The Balaban J connectivity index is 1.10. The van der Waals surface area contributed by atoms with Crippen LogP contribution < -0.4 is 16.4 Å². The summed E-state index contributed by atoms with van der Waals surface area (Å²) in [5, 5.41) is 15.2. The van der Waals surface area contributed by atoms with Gasteiger partial charge in [-0.1, -0.05) is 55.0 Å². The number of nitrogens with one attached hydrogen (secondary N) is 2. The number of nitrogens with zero attached hydrogens (tertiary/aromatic N) is 1. The van der Waals surface area contributed by atoms with E-state index >= 15 is 0 Å². The number of nitrogen functional groups attached to an aromatic ring is 1. The summed E-state index contributed by atoms with van der Waals surface area (Å²) >= 11 is 0. The van der Waals surface area contributed by atoms with Gasteiger partial charge >= 0.3 is 0 Å².